The molecule has 4 rings (SSSR count). The van der Waals surface area contributed by atoms with E-state index in [2.05, 4.69) is 20.9 Å². The van der Waals surface area contributed by atoms with Crippen LogP contribution in [0.15, 0.2) is 33.3 Å². The van der Waals surface area contributed by atoms with Crippen molar-refractivity contribution in [1.29, 1.82) is 0 Å². The molecule has 0 atom stereocenters. The van der Waals surface area contributed by atoms with Crippen LogP contribution in [0.4, 0.5) is 0 Å². The van der Waals surface area contributed by atoms with Gasteiger partial charge in [-0.1, -0.05) is 11.8 Å². The minimum Gasteiger partial charge on any atom is -0.467 e. The van der Waals surface area contributed by atoms with Crippen LogP contribution >= 0.6 is 23.1 Å². The fourth-order valence-corrected chi connectivity index (χ4v) is 5.00. The van der Waals surface area contributed by atoms with Gasteiger partial charge >= 0.3 is 0 Å². The first kappa shape index (κ1) is 17.4. The fraction of sp³-hybridized carbons (Fsp3) is 0.389. The van der Waals surface area contributed by atoms with Crippen LogP contribution in [0.3, 0.4) is 0 Å². The van der Waals surface area contributed by atoms with Gasteiger partial charge in [-0.3, -0.25) is 4.79 Å². The Morgan fingerprint density at radius 3 is 3.12 bits per heavy atom. The number of nitrogens with one attached hydrogen (secondary N) is 1. The zero-order valence-corrected chi connectivity index (χ0v) is 16.2. The van der Waals surface area contributed by atoms with Crippen molar-refractivity contribution in [3.05, 3.63) is 40.0 Å². The number of rotatable bonds is 6. The molecule has 1 aliphatic carbocycles. The molecule has 0 spiro atoms. The Morgan fingerprint density at radius 1 is 1.38 bits per heavy atom. The van der Waals surface area contributed by atoms with Crippen LogP contribution in [-0.2, 0) is 31.2 Å². The van der Waals surface area contributed by atoms with Gasteiger partial charge in [0.15, 0.2) is 11.0 Å². The predicted octanol–water partition coefficient (Wildman–Crippen LogP) is 3.42. The Balaban J connectivity index is 1.40. The normalized spacial score (nSPS) is 13.6. The molecule has 0 fully saturated rings. The van der Waals surface area contributed by atoms with Crippen molar-refractivity contribution in [1.82, 2.24) is 20.1 Å². The number of hydrogen-bond acceptors (Lipinski definition) is 6. The highest BCUT2D eigenvalue weighted by atomic mass is 32.2. The molecule has 0 aromatic carbocycles. The van der Waals surface area contributed by atoms with E-state index >= 15 is 0 Å². The Bertz CT molecular complexity index is 899. The number of thiophene rings is 1. The highest BCUT2D eigenvalue weighted by molar-refractivity contribution is 7.99. The van der Waals surface area contributed by atoms with Crippen molar-refractivity contribution >= 4 is 29.0 Å². The van der Waals surface area contributed by atoms with Gasteiger partial charge in [0, 0.05) is 22.9 Å². The standard InChI is InChI=1S/C18H20N4O2S2/c1-22-17(14-10-25-15-7-3-2-6-13(14)15)20-21-18(22)26-11-16(23)19-9-12-5-4-8-24-12/h4-5,8,10H,2-3,6-7,9,11H2,1H3,(H,19,23). The summed E-state index contributed by atoms with van der Waals surface area (Å²) in [6.07, 6.45) is 6.42. The molecule has 0 unspecified atom stereocenters. The number of thioether (sulfide) groups is 1. The van der Waals surface area contributed by atoms with Gasteiger partial charge < -0.3 is 14.3 Å². The lowest BCUT2D eigenvalue weighted by atomic mass is 9.96. The average molecular weight is 389 g/mol. The summed E-state index contributed by atoms with van der Waals surface area (Å²) in [4.78, 5) is 13.5. The molecule has 1 amide bonds. The van der Waals surface area contributed by atoms with Crippen molar-refractivity contribution in [2.24, 2.45) is 7.05 Å². The van der Waals surface area contributed by atoms with E-state index in [1.807, 2.05) is 29.0 Å². The van der Waals surface area contributed by atoms with Crippen molar-refractivity contribution in [3.8, 4) is 11.4 Å². The molecule has 0 saturated heterocycles. The number of nitrogens with zero attached hydrogens (tertiary/aromatic N) is 3. The van der Waals surface area contributed by atoms with Crippen molar-refractivity contribution in [3.63, 3.8) is 0 Å². The number of aromatic nitrogens is 3. The first-order chi connectivity index (χ1) is 12.7. The molecule has 1 N–H and O–H groups in total. The highest BCUT2D eigenvalue weighted by Crippen LogP contribution is 2.36. The Morgan fingerprint density at radius 2 is 2.27 bits per heavy atom. The van der Waals surface area contributed by atoms with Crippen molar-refractivity contribution in [2.75, 3.05) is 5.75 Å². The molecule has 0 aliphatic heterocycles. The molecule has 0 bridgehead atoms. The molecule has 3 heterocycles. The second-order valence-corrected chi connectivity index (χ2v) is 8.17. The van der Waals surface area contributed by atoms with Crippen LogP contribution in [0.1, 0.15) is 29.0 Å². The van der Waals surface area contributed by atoms with Gasteiger partial charge in [-0.05, 0) is 43.4 Å². The topological polar surface area (TPSA) is 73.0 Å². The Kier molecular flexibility index (Phi) is 5.12. The summed E-state index contributed by atoms with van der Waals surface area (Å²) in [6, 6.07) is 3.64. The van der Waals surface area contributed by atoms with Crippen molar-refractivity contribution in [2.45, 2.75) is 37.4 Å². The number of hydrogen-bond donors (Lipinski definition) is 1. The molecule has 6 nitrogen and oxygen atoms in total. The van der Waals surface area contributed by atoms with Gasteiger partial charge in [-0.2, -0.15) is 0 Å². The summed E-state index contributed by atoms with van der Waals surface area (Å²) in [5, 5.41) is 14.5. The summed E-state index contributed by atoms with van der Waals surface area (Å²) in [5.41, 5.74) is 2.64. The van der Waals surface area contributed by atoms with E-state index in [0.717, 1.165) is 23.2 Å². The maximum atomic E-state index is 12.0. The highest BCUT2D eigenvalue weighted by Gasteiger charge is 2.21. The smallest absolute Gasteiger partial charge is 0.230 e. The summed E-state index contributed by atoms with van der Waals surface area (Å²) in [5.74, 6) is 1.88. The van der Waals surface area contributed by atoms with Crippen LogP contribution in [0, 0.1) is 0 Å². The Hall–Kier alpha value is -2.06. The second kappa shape index (κ2) is 7.67. The van der Waals surface area contributed by atoms with Crippen molar-refractivity contribution < 1.29 is 9.21 Å². The minimum absolute atomic E-state index is 0.0520. The van der Waals surface area contributed by atoms with E-state index in [9.17, 15) is 4.79 Å². The first-order valence-corrected chi connectivity index (χ1v) is 10.5. The van der Waals surface area contributed by atoms with Gasteiger partial charge in [-0.25, -0.2) is 0 Å². The third-order valence-corrected chi connectivity index (χ3v) is 6.62. The number of furan rings is 1. The van der Waals surface area contributed by atoms with Crippen LogP contribution in [-0.4, -0.2) is 26.4 Å². The molecule has 0 radical (unpaired) electrons. The van der Waals surface area contributed by atoms with E-state index in [-0.39, 0.29) is 5.91 Å². The minimum atomic E-state index is -0.0520. The SMILES string of the molecule is Cn1c(SCC(=O)NCc2ccco2)nnc1-c1csc2c1CCCC2. The molecular formula is C18H20N4O2S2. The van der Waals surface area contributed by atoms with Gasteiger partial charge in [0.1, 0.15) is 5.76 Å². The summed E-state index contributed by atoms with van der Waals surface area (Å²) in [6.45, 7) is 0.400. The lowest BCUT2D eigenvalue weighted by Crippen LogP contribution is -2.24. The largest absolute Gasteiger partial charge is 0.467 e. The maximum Gasteiger partial charge on any atom is 0.230 e. The molecule has 3 aromatic heterocycles. The van der Waals surface area contributed by atoms with E-state index in [1.54, 1.807) is 12.3 Å². The zero-order chi connectivity index (χ0) is 17.9. The maximum absolute atomic E-state index is 12.0. The molecule has 8 heteroatoms. The fourth-order valence-electron chi connectivity index (χ4n) is 3.14. The number of amides is 1. The van der Waals surface area contributed by atoms with E-state index in [1.165, 1.54) is 47.0 Å². The van der Waals surface area contributed by atoms with Crippen LogP contribution in [0.2, 0.25) is 0 Å². The number of fused-ring (bicyclic) bond motifs is 1. The Labute approximate surface area is 160 Å². The monoisotopic (exact) mass is 388 g/mol. The number of carbonyl (C=O) groups is 1. The van der Waals surface area contributed by atoms with Gasteiger partial charge in [0.2, 0.25) is 5.91 Å². The number of aryl methyl sites for hydroxylation is 1. The van der Waals surface area contributed by atoms with E-state index in [4.69, 9.17) is 4.42 Å². The first-order valence-electron chi connectivity index (χ1n) is 8.63. The van der Waals surface area contributed by atoms with Crippen LogP contribution in [0.25, 0.3) is 11.4 Å². The van der Waals surface area contributed by atoms with Gasteiger partial charge in [-0.15, -0.1) is 21.5 Å². The third-order valence-electron chi connectivity index (χ3n) is 4.51. The molecule has 136 valence electrons. The number of carbonyl (C=O) groups excluding carboxylic acids is 1. The summed E-state index contributed by atoms with van der Waals surface area (Å²) >= 11 is 3.23. The molecular weight excluding hydrogens is 368 g/mol. The second-order valence-electron chi connectivity index (χ2n) is 6.27. The van der Waals surface area contributed by atoms with Gasteiger partial charge in [0.25, 0.3) is 0 Å². The van der Waals surface area contributed by atoms with Crippen LogP contribution < -0.4 is 5.32 Å². The predicted molar refractivity (Wildman–Crippen MR) is 102 cm³/mol. The molecule has 26 heavy (non-hydrogen) atoms. The quantitative estimate of drug-likeness (QED) is 0.655. The molecule has 3 aromatic rings. The lowest BCUT2D eigenvalue weighted by molar-refractivity contribution is -0.118. The lowest BCUT2D eigenvalue weighted by Gasteiger charge is -2.12. The molecule has 1 aliphatic rings. The molecule has 0 saturated carbocycles. The van der Waals surface area contributed by atoms with E-state index in [0.29, 0.717) is 12.3 Å². The summed E-state index contributed by atoms with van der Waals surface area (Å²) in [7, 11) is 1.96. The third kappa shape index (κ3) is 3.57. The zero-order valence-electron chi connectivity index (χ0n) is 14.5. The summed E-state index contributed by atoms with van der Waals surface area (Å²) < 4.78 is 7.20. The van der Waals surface area contributed by atoms with E-state index < -0.39 is 0 Å². The van der Waals surface area contributed by atoms with Gasteiger partial charge in [0.05, 0.1) is 18.6 Å². The van der Waals surface area contributed by atoms with Crippen LogP contribution in [0.5, 0.6) is 0 Å². The average Bonchev–Trinajstić information content (AvgIpc) is 3.38.